The highest BCUT2D eigenvalue weighted by atomic mass is 16.5. The molecular weight excluding hydrogens is 216 g/mol. The van der Waals surface area contributed by atoms with Crippen LogP contribution in [0.15, 0.2) is 30.5 Å². The summed E-state index contributed by atoms with van der Waals surface area (Å²) in [6, 6.07) is 8.80. The molecule has 0 spiro atoms. The van der Waals surface area contributed by atoms with Crippen LogP contribution in [0.4, 0.5) is 5.69 Å². The van der Waals surface area contributed by atoms with Gasteiger partial charge in [0.25, 0.3) is 5.88 Å². The number of nitrogen functional groups attached to an aromatic ring is 1. The van der Waals surface area contributed by atoms with Crippen LogP contribution in [0.25, 0.3) is 0 Å². The molecule has 1 heterocycles. The van der Waals surface area contributed by atoms with Gasteiger partial charge in [-0.25, -0.2) is 0 Å². The highest BCUT2D eigenvalue weighted by molar-refractivity contribution is 5.49. The van der Waals surface area contributed by atoms with Gasteiger partial charge in [-0.2, -0.15) is 10.4 Å². The minimum atomic E-state index is 0.197. The summed E-state index contributed by atoms with van der Waals surface area (Å²) < 4.78 is 5.53. The van der Waals surface area contributed by atoms with E-state index in [4.69, 9.17) is 15.7 Å². The van der Waals surface area contributed by atoms with Gasteiger partial charge in [-0.3, -0.25) is 0 Å². The number of nitrogens with zero attached hydrogens (tertiary/aromatic N) is 3. The smallest absolute Gasteiger partial charge is 0.256 e. The Labute approximate surface area is 98.5 Å². The molecule has 0 unspecified atom stereocenters. The number of rotatable bonds is 2. The van der Waals surface area contributed by atoms with E-state index in [0.717, 1.165) is 5.56 Å². The summed E-state index contributed by atoms with van der Waals surface area (Å²) in [6.45, 7) is 1.87. The van der Waals surface area contributed by atoms with Gasteiger partial charge in [-0.1, -0.05) is 0 Å². The lowest BCUT2D eigenvalue weighted by molar-refractivity contribution is 0.450. The molecule has 0 fully saturated rings. The molecule has 0 aliphatic rings. The third kappa shape index (κ3) is 2.32. The maximum Gasteiger partial charge on any atom is 0.256 e. The molecule has 0 amide bonds. The Kier molecular flexibility index (Phi) is 2.88. The first kappa shape index (κ1) is 10.9. The zero-order valence-electron chi connectivity index (χ0n) is 9.21. The van der Waals surface area contributed by atoms with E-state index in [1.807, 2.05) is 13.0 Å². The first-order valence-electron chi connectivity index (χ1n) is 4.96. The minimum Gasteiger partial charge on any atom is -0.436 e. The number of benzene rings is 1. The van der Waals surface area contributed by atoms with Gasteiger partial charge in [-0.05, 0) is 36.8 Å². The predicted octanol–water partition coefficient (Wildman–Crippen LogP) is 2.03. The molecule has 0 aliphatic heterocycles. The third-order valence-corrected chi connectivity index (χ3v) is 2.21. The zero-order chi connectivity index (χ0) is 12.3. The Morgan fingerprint density at radius 3 is 2.88 bits per heavy atom. The van der Waals surface area contributed by atoms with Crippen molar-refractivity contribution in [2.45, 2.75) is 6.92 Å². The molecule has 5 heteroatoms. The zero-order valence-corrected chi connectivity index (χ0v) is 9.21. The second-order valence-electron chi connectivity index (χ2n) is 3.49. The van der Waals surface area contributed by atoms with Crippen LogP contribution in [-0.2, 0) is 0 Å². The Morgan fingerprint density at radius 2 is 2.18 bits per heavy atom. The summed E-state index contributed by atoms with van der Waals surface area (Å²) in [5.74, 6) is 0.805. The van der Waals surface area contributed by atoms with Crippen LogP contribution in [0, 0.1) is 18.3 Å². The SMILES string of the molecule is Cc1cc(N)ccc1Oc1nnccc1C#N. The van der Waals surface area contributed by atoms with Gasteiger partial charge >= 0.3 is 0 Å². The van der Waals surface area contributed by atoms with Crippen molar-refractivity contribution in [3.8, 4) is 17.7 Å². The molecule has 0 aliphatic carbocycles. The van der Waals surface area contributed by atoms with Crippen LogP contribution in [0.2, 0.25) is 0 Å². The van der Waals surface area contributed by atoms with E-state index in [1.54, 1.807) is 24.3 Å². The average Bonchev–Trinajstić information content (AvgIpc) is 2.33. The van der Waals surface area contributed by atoms with Crippen molar-refractivity contribution >= 4 is 5.69 Å². The van der Waals surface area contributed by atoms with E-state index in [2.05, 4.69) is 10.2 Å². The first-order chi connectivity index (χ1) is 8.20. The van der Waals surface area contributed by atoms with Gasteiger partial charge in [0.15, 0.2) is 0 Å². The van der Waals surface area contributed by atoms with Crippen LogP contribution in [-0.4, -0.2) is 10.2 Å². The van der Waals surface area contributed by atoms with Crippen LogP contribution >= 0.6 is 0 Å². The Bertz CT molecular complexity index is 589. The second-order valence-corrected chi connectivity index (χ2v) is 3.49. The van der Waals surface area contributed by atoms with Crippen LogP contribution in [0.5, 0.6) is 11.6 Å². The van der Waals surface area contributed by atoms with Crippen LogP contribution in [0.1, 0.15) is 11.1 Å². The van der Waals surface area contributed by atoms with E-state index < -0.39 is 0 Å². The number of anilines is 1. The molecule has 1 aromatic heterocycles. The standard InChI is InChI=1S/C12H10N4O/c1-8-6-10(14)2-3-11(8)17-12-9(7-13)4-5-15-16-12/h2-6H,14H2,1H3. The number of hydrogen-bond acceptors (Lipinski definition) is 5. The molecule has 0 radical (unpaired) electrons. The van der Waals surface area contributed by atoms with E-state index in [0.29, 0.717) is 17.0 Å². The second kappa shape index (κ2) is 4.49. The number of ether oxygens (including phenoxy) is 1. The normalized spacial score (nSPS) is 9.65. The van der Waals surface area contributed by atoms with E-state index in [9.17, 15) is 0 Å². The van der Waals surface area contributed by atoms with E-state index in [1.165, 1.54) is 6.20 Å². The number of nitrogens with two attached hydrogens (primary N) is 1. The fourth-order valence-electron chi connectivity index (χ4n) is 1.37. The van der Waals surface area contributed by atoms with Gasteiger partial charge in [0.05, 0.1) is 6.20 Å². The van der Waals surface area contributed by atoms with E-state index in [-0.39, 0.29) is 5.88 Å². The van der Waals surface area contributed by atoms with Crippen LogP contribution < -0.4 is 10.5 Å². The summed E-state index contributed by atoms with van der Waals surface area (Å²) in [7, 11) is 0. The lowest BCUT2D eigenvalue weighted by Gasteiger charge is -2.08. The Morgan fingerprint density at radius 1 is 1.35 bits per heavy atom. The monoisotopic (exact) mass is 226 g/mol. The first-order valence-corrected chi connectivity index (χ1v) is 4.96. The van der Waals surface area contributed by atoms with Crippen molar-refractivity contribution in [2.24, 2.45) is 0 Å². The molecule has 0 saturated heterocycles. The number of nitriles is 1. The Hall–Kier alpha value is -2.61. The molecule has 1 aromatic carbocycles. The van der Waals surface area contributed by atoms with Crippen molar-refractivity contribution in [1.29, 1.82) is 5.26 Å². The van der Waals surface area contributed by atoms with Crippen molar-refractivity contribution in [3.05, 3.63) is 41.6 Å². The molecule has 2 N–H and O–H groups in total. The van der Waals surface area contributed by atoms with Gasteiger partial charge in [0.2, 0.25) is 0 Å². The molecule has 17 heavy (non-hydrogen) atoms. The maximum absolute atomic E-state index is 8.89. The number of aryl methyl sites for hydroxylation is 1. The molecule has 2 aromatic rings. The summed E-state index contributed by atoms with van der Waals surface area (Å²) in [5, 5.41) is 16.4. The summed E-state index contributed by atoms with van der Waals surface area (Å²) >= 11 is 0. The fourth-order valence-corrected chi connectivity index (χ4v) is 1.37. The topological polar surface area (TPSA) is 84.8 Å². The molecule has 84 valence electrons. The molecule has 2 rings (SSSR count). The van der Waals surface area contributed by atoms with E-state index >= 15 is 0 Å². The number of aromatic nitrogens is 2. The Balaban J connectivity index is 2.35. The van der Waals surface area contributed by atoms with Crippen molar-refractivity contribution in [3.63, 3.8) is 0 Å². The van der Waals surface area contributed by atoms with Crippen molar-refractivity contribution in [1.82, 2.24) is 10.2 Å². The molecular formula is C12H10N4O. The molecule has 0 saturated carbocycles. The average molecular weight is 226 g/mol. The lowest BCUT2D eigenvalue weighted by atomic mass is 10.2. The van der Waals surface area contributed by atoms with Gasteiger partial charge in [0.1, 0.15) is 17.4 Å². The molecule has 5 nitrogen and oxygen atoms in total. The maximum atomic E-state index is 8.89. The van der Waals surface area contributed by atoms with Crippen LogP contribution in [0.3, 0.4) is 0 Å². The highest BCUT2D eigenvalue weighted by Crippen LogP contribution is 2.26. The third-order valence-electron chi connectivity index (χ3n) is 2.21. The molecule has 0 bridgehead atoms. The lowest BCUT2D eigenvalue weighted by Crippen LogP contribution is -1.96. The highest BCUT2D eigenvalue weighted by Gasteiger charge is 2.08. The van der Waals surface area contributed by atoms with Crippen molar-refractivity contribution < 1.29 is 4.74 Å². The predicted molar refractivity (Wildman–Crippen MR) is 62.4 cm³/mol. The minimum absolute atomic E-state index is 0.197. The van der Waals surface area contributed by atoms with Gasteiger partial charge in [0, 0.05) is 5.69 Å². The van der Waals surface area contributed by atoms with Crippen molar-refractivity contribution in [2.75, 3.05) is 5.73 Å². The van der Waals surface area contributed by atoms with Gasteiger partial charge in [-0.15, -0.1) is 5.10 Å². The largest absolute Gasteiger partial charge is 0.436 e. The summed E-state index contributed by atoms with van der Waals surface area (Å²) in [5.41, 5.74) is 7.52. The quantitative estimate of drug-likeness (QED) is 0.792. The fraction of sp³-hybridized carbons (Fsp3) is 0.0833. The summed E-state index contributed by atoms with van der Waals surface area (Å²) in [4.78, 5) is 0. The molecule has 0 atom stereocenters. The van der Waals surface area contributed by atoms with Gasteiger partial charge < -0.3 is 10.5 Å². The summed E-state index contributed by atoms with van der Waals surface area (Å²) in [6.07, 6.45) is 1.45. The number of hydrogen-bond donors (Lipinski definition) is 1.